The zero-order chi connectivity index (χ0) is 16.8. The molecule has 2 aromatic rings. The number of para-hydroxylation sites is 1. The summed E-state index contributed by atoms with van der Waals surface area (Å²) in [6.07, 6.45) is 17.3. The number of aromatic nitrogens is 1. The molecule has 3 nitrogen and oxygen atoms in total. The average molecular weight is 370 g/mol. The van der Waals surface area contributed by atoms with Gasteiger partial charge in [-0.25, -0.2) is 0 Å². The summed E-state index contributed by atoms with van der Waals surface area (Å²) >= 11 is 0. The molecule has 4 rings (SSSR count). The molecule has 2 aliphatic rings. The molecule has 2 saturated carbocycles. The Labute approximate surface area is 161 Å². The van der Waals surface area contributed by atoms with Crippen LogP contribution < -0.4 is 5.32 Å². The Morgan fingerprint density at radius 3 is 2.16 bits per heavy atom. The molecule has 1 aromatic heterocycles. The van der Waals surface area contributed by atoms with Gasteiger partial charge < -0.3 is 5.32 Å². The largest absolute Gasteiger partial charge is 2.00 e. The van der Waals surface area contributed by atoms with Crippen LogP contribution >= 0.6 is 0 Å². The summed E-state index contributed by atoms with van der Waals surface area (Å²) in [7, 11) is 0. The van der Waals surface area contributed by atoms with E-state index in [-0.39, 0.29) is 23.0 Å². The molecule has 1 heterocycles. The third-order valence-electron chi connectivity index (χ3n) is 3.57. The summed E-state index contributed by atoms with van der Waals surface area (Å²) < 4.78 is 0. The number of aryl methyl sites for hydroxylation is 1. The van der Waals surface area contributed by atoms with Crippen molar-refractivity contribution in [3.8, 4) is 0 Å². The molecule has 0 atom stereocenters. The Morgan fingerprint density at radius 2 is 1.52 bits per heavy atom. The Morgan fingerprint density at radius 1 is 0.920 bits per heavy atom. The Hall–Kier alpha value is -1.38. The minimum Gasteiger partial charge on any atom is -0.325 e. The van der Waals surface area contributed by atoms with Gasteiger partial charge in [0.15, 0.2) is 0 Å². The molecule has 0 aliphatic heterocycles. The third kappa shape index (κ3) is 5.55. The Bertz CT molecular complexity index is 684. The smallest absolute Gasteiger partial charge is 0.325 e. The summed E-state index contributed by atoms with van der Waals surface area (Å²) in [6.45, 7) is 1.92. The van der Waals surface area contributed by atoms with Crippen LogP contribution in [0.2, 0.25) is 0 Å². The fourth-order valence-corrected chi connectivity index (χ4v) is 2.45. The summed E-state index contributed by atoms with van der Waals surface area (Å²) in [5.74, 6) is 0.569. The molecule has 2 aliphatic carbocycles. The van der Waals surface area contributed by atoms with Gasteiger partial charge in [0, 0.05) is 11.1 Å². The fourth-order valence-electron chi connectivity index (χ4n) is 2.45. The number of amides is 1. The van der Waals surface area contributed by atoms with Crippen molar-refractivity contribution in [3.05, 3.63) is 99.7 Å². The number of nitrogens with one attached hydrogen (secondary N) is 1. The van der Waals surface area contributed by atoms with E-state index in [1.807, 2.05) is 82.2 Å². The summed E-state index contributed by atoms with van der Waals surface area (Å²) in [5.41, 5.74) is 2.58. The van der Waals surface area contributed by atoms with Gasteiger partial charge in [0.05, 0.1) is 17.1 Å². The van der Waals surface area contributed by atoms with Crippen molar-refractivity contribution in [2.45, 2.75) is 6.92 Å². The van der Waals surface area contributed by atoms with E-state index in [1.54, 1.807) is 12.8 Å². The maximum absolute atomic E-state index is 12.1. The van der Waals surface area contributed by atoms with Gasteiger partial charge in [-0.05, 0) is 76.8 Å². The minimum absolute atomic E-state index is 0. The molecule has 0 unspecified atom stereocenters. The van der Waals surface area contributed by atoms with Gasteiger partial charge in [0.1, 0.15) is 0 Å². The zero-order valence-electron chi connectivity index (χ0n) is 13.8. The summed E-state index contributed by atoms with van der Waals surface area (Å²) in [5, 5.41) is 3.90. The number of pyridine rings is 1. The monoisotopic (exact) mass is 370 g/mol. The van der Waals surface area contributed by atoms with Crippen LogP contribution in [-0.2, 0) is 21.9 Å². The van der Waals surface area contributed by atoms with E-state index in [0.29, 0.717) is 5.92 Å². The molecule has 4 heteroatoms. The van der Waals surface area contributed by atoms with E-state index < -0.39 is 0 Å². The van der Waals surface area contributed by atoms with Gasteiger partial charge in [-0.15, -0.1) is 0 Å². The maximum atomic E-state index is 12.1. The molecule has 1 amide bonds. The van der Waals surface area contributed by atoms with Crippen LogP contribution in [0.25, 0.3) is 10.9 Å². The van der Waals surface area contributed by atoms with Crippen LogP contribution in [-0.4, -0.2) is 10.9 Å². The number of anilines is 1. The van der Waals surface area contributed by atoms with Crippen molar-refractivity contribution in [2.24, 2.45) is 0 Å². The van der Waals surface area contributed by atoms with Crippen molar-refractivity contribution in [2.75, 3.05) is 5.32 Å². The van der Waals surface area contributed by atoms with E-state index in [0.717, 1.165) is 22.3 Å². The minimum atomic E-state index is -0.0965. The molecule has 25 heavy (non-hydrogen) atoms. The molecule has 0 saturated heterocycles. The molecule has 10 radical (unpaired) electrons. The number of rotatable bonds is 2. The normalized spacial score (nSPS) is 16.8. The Balaban J connectivity index is 0.000000325. The molecular weight excluding hydrogens is 352 g/mol. The number of carbonyl (C=O) groups excluding carboxylic acids is 1. The van der Waals surface area contributed by atoms with Crippen LogP contribution in [0.3, 0.4) is 0 Å². The third-order valence-corrected chi connectivity index (χ3v) is 3.57. The second kappa shape index (κ2) is 9.94. The van der Waals surface area contributed by atoms with E-state index in [4.69, 9.17) is 0 Å². The van der Waals surface area contributed by atoms with Crippen LogP contribution in [0.15, 0.2) is 30.3 Å². The first-order valence-electron chi connectivity index (χ1n) is 7.80. The second-order valence-electron chi connectivity index (χ2n) is 5.42. The van der Waals surface area contributed by atoms with Crippen LogP contribution in [0, 0.1) is 70.6 Å². The number of nitrogens with zero attached hydrogens (tertiary/aromatic N) is 1. The van der Waals surface area contributed by atoms with Gasteiger partial charge in [0.2, 0.25) is 5.91 Å². The predicted octanol–water partition coefficient (Wildman–Crippen LogP) is 3.91. The van der Waals surface area contributed by atoms with Crippen LogP contribution in [0.4, 0.5) is 5.69 Å². The second-order valence-corrected chi connectivity index (χ2v) is 5.42. The molecular formula is C21H18FeN2O+2. The van der Waals surface area contributed by atoms with Gasteiger partial charge >= 0.3 is 17.1 Å². The van der Waals surface area contributed by atoms with Crippen molar-refractivity contribution in [1.82, 2.24) is 4.98 Å². The number of carbonyl (C=O) groups is 1. The quantitative estimate of drug-likeness (QED) is 0.815. The van der Waals surface area contributed by atoms with Crippen LogP contribution in [0.5, 0.6) is 0 Å². The average Bonchev–Trinajstić information content (AvgIpc) is 3.31. The first kappa shape index (κ1) is 19.9. The number of benzene rings is 1. The molecule has 0 bridgehead atoms. The summed E-state index contributed by atoms with van der Waals surface area (Å²) in [4.78, 5) is 16.6. The Kier molecular flexibility index (Phi) is 7.92. The molecule has 124 valence electrons. The fraction of sp³-hybridized carbons (Fsp3) is 0.0476. The van der Waals surface area contributed by atoms with Gasteiger partial charge in [0.25, 0.3) is 0 Å². The van der Waals surface area contributed by atoms with Crippen molar-refractivity contribution in [3.63, 3.8) is 0 Å². The molecule has 0 spiro atoms. The molecule has 2 fully saturated rings. The first-order chi connectivity index (χ1) is 11.7. The van der Waals surface area contributed by atoms with E-state index in [9.17, 15) is 4.79 Å². The first-order valence-corrected chi connectivity index (χ1v) is 7.80. The van der Waals surface area contributed by atoms with Crippen molar-refractivity contribution >= 4 is 22.5 Å². The van der Waals surface area contributed by atoms with Gasteiger partial charge in [-0.2, -0.15) is 0 Å². The zero-order valence-corrected chi connectivity index (χ0v) is 14.9. The maximum Gasteiger partial charge on any atom is 2.00 e. The standard InChI is InChI=1S/C16H13N2O.C5H5.Fe/c1-11-10-15(13-8-4-5-9-14(13)17-11)18-16(19)12-6-2-3-7-12;1-2-4-5-3-1;/h2-10H,1H3,(H,17,18,19);1-5H;/q;;+2. The van der Waals surface area contributed by atoms with Crippen molar-refractivity contribution < 1.29 is 21.9 Å². The number of hydrogen-bond acceptors (Lipinski definition) is 2. The topological polar surface area (TPSA) is 42.0 Å². The van der Waals surface area contributed by atoms with E-state index in [2.05, 4.69) is 10.3 Å². The van der Waals surface area contributed by atoms with Crippen molar-refractivity contribution in [1.29, 1.82) is 0 Å². The summed E-state index contributed by atoms with van der Waals surface area (Å²) in [6, 6.07) is 9.68. The SMILES string of the molecule is Cc1cc(NC(=O)[C]2[CH][CH][CH][CH]2)c2ccccc2n1.[CH]1[CH][CH][CH][CH]1.[Fe+2]. The molecule has 1 aromatic carbocycles. The van der Waals surface area contributed by atoms with E-state index >= 15 is 0 Å². The van der Waals surface area contributed by atoms with Gasteiger partial charge in [-0.1, -0.05) is 18.2 Å². The van der Waals surface area contributed by atoms with Gasteiger partial charge in [-0.3, -0.25) is 9.78 Å². The number of fused-ring (bicyclic) bond motifs is 1. The number of hydrogen-bond donors (Lipinski definition) is 1. The predicted molar refractivity (Wildman–Crippen MR) is 97.1 cm³/mol. The molecule has 1 N–H and O–H groups in total. The van der Waals surface area contributed by atoms with E-state index in [1.165, 1.54) is 0 Å². The van der Waals surface area contributed by atoms with Crippen LogP contribution in [0.1, 0.15) is 5.69 Å².